The van der Waals surface area contributed by atoms with E-state index in [0.717, 1.165) is 28.5 Å². The highest BCUT2D eigenvalue weighted by atomic mass is 16.5. The number of aromatic amines is 1. The van der Waals surface area contributed by atoms with Crippen LogP contribution in [0.2, 0.25) is 0 Å². The SMILES string of the molecule is c1ccc(C[C@@H]2COC(c3nccc4c3[nH]c3ccccc34)=N2)cc1. The fourth-order valence-corrected chi connectivity index (χ4v) is 3.47. The Hall–Kier alpha value is -3.14. The first-order valence-corrected chi connectivity index (χ1v) is 8.49. The standard InChI is InChI=1S/C21H17N3O/c1-2-6-14(7-3-1)12-15-13-25-21(23-15)20-19-17(10-11-22-20)16-8-4-5-9-18(16)24-19/h1-11,15,24H,12-13H2/t15-/m1/s1. The first-order valence-electron chi connectivity index (χ1n) is 8.49. The molecular formula is C21H17N3O. The quantitative estimate of drug-likeness (QED) is 0.616. The maximum Gasteiger partial charge on any atom is 0.237 e. The molecule has 5 rings (SSSR count). The Balaban J connectivity index is 1.54. The third-order valence-electron chi connectivity index (χ3n) is 4.66. The number of nitrogens with zero attached hydrogens (tertiary/aromatic N) is 2. The van der Waals surface area contributed by atoms with Crippen molar-refractivity contribution in [3.63, 3.8) is 0 Å². The van der Waals surface area contributed by atoms with Gasteiger partial charge in [-0.05, 0) is 24.1 Å². The van der Waals surface area contributed by atoms with Gasteiger partial charge in [-0.25, -0.2) is 9.98 Å². The number of aliphatic imine (C=N–C) groups is 1. The van der Waals surface area contributed by atoms with Gasteiger partial charge in [-0.2, -0.15) is 0 Å². The molecule has 0 aliphatic carbocycles. The topological polar surface area (TPSA) is 50.3 Å². The third-order valence-corrected chi connectivity index (χ3v) is 4.66. The van der Waals surface area contributed by atoms with E-state index >= 15 is 0 Å². The molecule has 0 amide bonds. The lowest BCUT2D eigenvalue weighted by Gasteiger charge is -2.04. The summed E-state index contributed by atoms with van der Waals surface area (Å²) in [7, 11) is 0. The van der Waals surface area contributed by atoms with Crippen LogP contribution < -0.4 is 0 Å². The Bertz CT molecular complexity index is 1080. The van der Waals surface area contributed by atoms with Crippen LogP contribution in [-0.2, 0) is 11.2 Å². The molecule has 1 aliphatic rings. The van der Waals surface area contributed by atoms with Crippen molar-refractivity contribution in [3.05, 3.63) is 78.1 Å². The minimum Gasteiger partial charge on any atom is -0.474 e. The van der Waals surface area contributed by atoms with Crippen LogP contribution in [0, 0.1) is 0 Å². The molecule has 0 saturated carbocycles. The molecule has 0 unspecified atom stereocenters. The summed E-state index contributed by atoms with van der Waals surface area (Å²) in [6, 6.07) is 20.9. The van der Waals surface area contributed by atoms with Gasteiger partial charge in [-0.15, -0.1) is 0 Å². The molecule has 0 saturated heterocycles. The van der Waals surface area contributed by atoms with Gasteiger partial charge in [0.25, 0.3) is 0 Å². The van der Waals surface area contributed by atoms with E-state index in [2.05, 4.69) is 52.4 Å². The number of pyridine rings is 1. The van der Waals surface area contributed by atoms with E-state index in [-0.39, 0.29) is 6.04 Å². The van der Waals surface area contributed by atoms with Crippen molar-refractivity contribution in [2.75, 3.05) is 6.61 Å². The van der Waals surface area contributed by atoms with E-state index in [1.807, 2.05) is 24.4 Å². The van der Waals surface area contributed by atoms with Crippen molar-refractivity contribution < 1.29 is 4.74 Å². The maximum absolute atomic E-state index is 5.90. The molecule has 2 aromatic carbocycles. The van der Waals surface area contributed by atoms with Crippen molar-refractivity contribution in [3.8, 4) is 0 Å². The number of H-pyrrole nitrogens is 1. The molecule has 0 fully saturated rings. The van der Waals surface area contributed by atoms with Crippen LogP contribution in [0.1, 0.15) is 11.3 Å². The highest BCUT2D eigenvalue weighted by molar-refractivity contribution is 6.14. The number of rotatable bonds is 3. The van der Waals surface area contributed by atoms with Gasteiger partial charge >= 0.3 is 0 Å². The summed E-state index contributed by atoms with van der Waals surface area (Å²) in [6.07, 6.45) is 2.71. The van der Waals surface area contributed by atoms with Gasteiger partial charge in [0.15, 0.2) is 0 Å². The molecular weight excluding hydrogens is 310 g/mol. The van der Waals surface area contributed by atoms with E-state index in [1.54, 1.807) is 0 Å². The van der Waals surface area contributed by atoms with Crippen LogP contribution in [0.25, 0.3) is 21.8 Å². The second-order valence-electron chi connectivity index (χ2n) is 6.34. The molecule has 1 N–H and O–H groups in total. The van der Waals surface area contributed by atoms with Crippen LogP contribution in [0.4, 0.5) is 0 Å². The van der Waals surface area contributed by atoms with Gasteiger partial charge in [-0.3, -0.25) is 0 Å². The summed E-state index contributed by atoms with van der Waals surface area (Å²) in [5.41, 5.74) is 4.16. The van der Waals surface area contributed by atoms with Crippen LogP contribution >= 0.6 is 0 Å². The highest BCUT2D eigenvalue weighted by Crippen LogP contribution is 2.28. The normalized spacial score (nSPS) is 17.0. The molecule has 4 aromatic rings. The minimum absolute atomic E-state index is 0.138. The molecule has 0 radical (unpaired) electrons. The number of ether oxygens (including phenoxy) is 1. The van der Waals surface area contributed by atoms with E-state index in [4.69, 9.17) is 9.73 Å². The van der Waals surface area contributed by atoms with Gasteiger partial charge in [0.2, 0.25) is 5.90 Å². The van der Waals surface area contributed by atoms with Crippen molar-refractivity contribution in [2.24, 2.45) is 4.99 Å². The lowest BCUT2D eigenvalue weighted by atomic mass is 10.1. The van der Waals surface area contributed by atoms with Crippen LogP contribution in [0.5, 0.6) is 0 Å². The zero-order chi connectivity index (χ0) is 16.6. The molecule has 1 atom stereocenters. The first kappa shape index (κ1) is 14.2. The van der Waals surface area contributed by atoms with Crippen molar-refractivity contribution in [1.82, 2.24) is 9.97 Å². The monoisotopic (exact) mass is 327 g/mol. The zero-order valence-corrected chi connectivity index (χ0v) is 13.6. The van der Waals surface area contributed by atoms with Crippen LogP contribution in [0.3, 0.4) is 0 Å². The average Bonchev–Trinajstić information content (AvgIpc) is 3.27. The predicted molar refractivity (Wildman–Crippen MR) is 100 cm³/mol. The lowest BCUT2D eigenvalue weighted by Crippen LogP contribution is -2.09. The Morgan fingerprint density at radius 1 is 0.960 bits per heavy atom. The number of para-hydroxylation sites is 1. The molecule has 3 heterocycles. The Kier molecular flexibility index (Phi) is 3.27. The average molecular weight is 327 g/mol. The van der Waals surface area contributed by atoms with Gasteiger partial charge in [-0.1, -0.05) is 48.5 Å². The second kappa shape index (κ2) is 5.74. The largest absolute Gasteiger partial charge is 0.474 e. The van der Waals surface area contributed by atoms with Gasteiger partial charge in [0.1, 0.15) is 12.3 Å². The summed E-state index contributed by atoms with van der Waals surface area (Å²) in [5.74, 6) is 0.637. The molecule has 2 aromatic heterocycles. The summed E-state index contributed by atoms with van der Waals surface area (Å²) < 4.78 is 5.90. The first-order chi connectivity index (χ1) is 12.4. The fourth-order valence-electron chi connectivity index (χ4n) is 3.47. The smallest absolute Gasteiger partial charge is 0.237 e. The predicted octanol–water partition coefficient (Wildman–Crippen LogP) is 4.10. The van der Waals surface area contributed by atoms with Crippen LogP contribution in [-0.4, -0.2) is 28.5 Å². The number of hydrogen-bond donors (Lipinski definition) is 1. The highest BCUT2D eigenvalue weighted by Gasteiger charge is 2.23. The van der Waals surface area contributed by atoms with Gasteiger partial charge in [0, 0.05) is 22.5 Å². The third kappa shape index (κ3) is 2.47. The second-order valence-corrected chi connectivity index (χ2v) is 6.34. The molecule has 0 spiro atoms. The number of benzene rings is 2. The van der Waals surface area contributed by atoms with Crippen molar-refractivity contribution in [2.45, 2.75) is 12.5 Å². The Morgan fingerprint density at radius 3 is 2.72 bits per heavy atom. The number of fused-ring (bicyclic) bond motifs is 3. The number of aromatic nitrogens is 2. The summed E-state index contributed by atoms with van der Waals surface area (Å²) in [5, 5.41) is 2.35. The summed E-state index contributed by atoms with van der Waals surface area (Å²) in [4.78, 5) is 12.8. The minimum atomic E-state index is 0.138. The molecule has 122 valence electrons. The van der Waals surface area contributed by atoms with Gasteiger partial charge in [0.05, 0.1) is 11.6 Å². The number of hydrogen-bond acceptors (Lipinski definition) is 3. The summed E-state index contributed by atoms with van der Waals surface area (Å²) >= 11 is 0. The zero-order valence-electron chi connectivity index (χ0n) is 13.6. The van der Waals surface area contributed by atoms with Gasteiger partial charge < -0.3 is 9.72 Å². The Labute approximate surface area is 145 Å². The van der Waals surface area contributed by atoms with Crippen LogP contribution in [0.15, 0.2) is 71.9 Å². The van der Waals surface area contributed by atoms with E-state index in [0.29, 0.717) is 12.5 Å². The molecule has 1 aliphatic heterocycles. The lowest BCUT2D eigenvalue weighted by molar-refractivity contribution is 0.316. The van der Waals surface area contributed by atoms with E-state index in [1.165, 1.54) is 10.9 Å². The van der Waals surface area contributed by atoms with Crippen molar-refractivity contribution in [1.29, 1.82) is 0 Å². The molecule has 0 bridgehead atoms. The van der Waals surface area contributed by atoms with E-state index < -0.39 is 0 Å². The maximum atomic E-state index is 5.90. The molecule has 25 heavy (non-hydrogen) atoms. The molecule has 4 nitrogen and oxygen atoms in total. The van der Waals surface area contributed by atoms with Crippen molar-refractivity contribution >= 4 is 27.7 Å². The molecule has 4 heteroatoms. The van der Waals surface area contributed by atoms with E-state index in [9.17, 15) is 0 Å². The fraction of sp³-hybridized carbons (Fsp3) is 0.143. The number of nitrogens with one attached hydrogen (secondary N) is 1. The summed E-state index contributed by atoms with van der Waals surface area (Å²) in [6.45, 7) is 0.600. The Morgan fingerprint density at radius 2 is 1.80 bits per heavy atom.